The van der Waals surface area contributed by atoms with Gasteiger partial charge in [0.15, 0.2) is 0 Å². The van der Waals surface area contributed by atoms with Crippen LogP contribution in [0, 0.1) is 17.3 Å². The maximum Gasteiger partial charge on any atom is 0.139 e. The lowest BCUT2D eigenvalue weighted by molar-refractivity contribution is -0.131. The molecule has 2 aliphatic rings. The second-order valence-electron chi connectivity index (χ2n) is 6.19. The molecule has 0 amide bonds. The molecule has 2 unspecified atom stereocenters. The van der Waals surface area contributed by atoms with Gasteiger partial charge >= 0.3 is 0 Å². The van der Waals surface area contributed by atoms with E-state index >= 15 is 0 Å². The fourth-order valence-electron chi connectivity index (χ4n) is 3.94. The van der Waals surface area contributed by atoms with Gasteiger partial charge in [-0.25, -0.2) is 0 Å². The standard InChI is InChI=1S/C15H24O3/c1-3-10(16)4-5-11-12-6-7-14(18)15(12,2)9-8-13(11)17/h11-13,17H,3-9H2,1-2H3/t11-,12?,13+,15?/m0/s1. The quantitative estimate of drug-likeness (QED) is 0.836. The van der Waals surface area contributed by atoms with Crippen molar-refractivity contribution in [2.45, 2.75) is 64.9 Å². The van der Waals surface area contributed by atoms with E-state index in [1.807, 2.05) is 6.92 Å². The van der Waals surface area contributed by atoms with Gasteiger partial charge < -0.3 is 5.11 Å². The predicted molar refractivity (Wildman–Crippen MR) is 69.1 cm³/mol. The van der Waals surface area contributed by atoms with Crippen LogP contribution in [-0.4, -0.2) is 22.8 Å². The van der Waals surface area contributed by atoms with Gasteiger partial charge in [-0.1, -0.05) is 13.8 Å². The summed E-state index contributed by atoms with van der Waals surface area (Å²) in [5.41, 5.74) is -0.223. The molecule has 102 valence electrons. The summed E-state index contributed by atoms with van der Waals surface area (Å²) in [6, 6.07) is 0. The third-order valence-electron chi connectivity index (χ3n) is 5.26. The Kier molecular flexibility index (Phi) is 3.90. The van der Waals surface area contributed by atoms with Gasteiger partial charge in [0.1, 0.15) is 11.6 Å². The number of carbonyl (C=O) groups is 2. The van der Waals surface area contributed by atoms with Crippen LogP contribution in [0.5, 0.6) is 0 Å². The van der Waals surface area contributed by atoms with Crippen molar-refractivity contribution in [2.75, 3.05) is 0 Å². The molecule has 2 saturated carbocycles. The van der Waals surface area contributed by atoms with Crippen molar-refractivity contribution < 1.29 is 14.7 Å². The number of aliphatic hydroxyl groups is 1. The predicted octanol–water partition coefficient (Wildman–Crippen LogP) is 2.50. The van der Waals surface area contributed by atoms with Crippen LogP contribution in [0.2, 0.25) is 0 Å². The van der Waals surface area contributed by atoms with Gasteiger partial charge in [0.05, 0.1) is 6.10 Å². The van der Waals surface area contributed by atoms with E-state index in [4.69, 9.17) is 0 Å². The first kappa shape index (κ1) is 13.7. The first-order valence-corrected chi connectivity index (χ1v) is 7.22. The van der Waals surface area contributed by atoms with Crippen molar-refractivity contribution in [3.8, 4) is 0 Å². The van der Waals surface area contributed by atoms with Gasteiger partial charge in [-0.15, -0.1) is 0 Å². The topological polar surface area (TPSA) is 54.4 Å². The summed E-state index contributed by atoms with van der Waals surface area (Å²) in [6.45, 7) is 3.94. The highest BCUT2D eigenvalue weighted by Crippen LogP contribution is 2.53. The van der Waals surface area contributed by atoms with E-state index in [1.54, 1.807) is 0 Å². The lowest BCUT2D eigenvalue weighted by Crippen LogP contribution is -2.44. The van der Waals surface area contributed by atoms with Gasteiger partial charge in [0, 0.05) is 24.7 Å². The molecule has 3 heteroatoms. The normalized spacial score (nSPS) is 39.7. The number of Topliss-reactive ketones (excluding diaryl/α,β-unsaturated/α-hetero) is 2. The summed E-state index contributed by atoms with van der Waals surface area (Å²) in [7, 11) is 0. The number of rotatable bonds is 4. The van der Waals surface area contributed by atoms with Crippen LogP contribution in [-0.2, 0) is 9.59 Å². The minimum absolute atomic E-state index is 0.144. The summed E-state index contributed by atoms with van der Waals surface area (Å²) in [6.07, 6.45) is 4.64. The maximum atomic E-state index is 12.0. The van der Waals surface area contributed by atoms with Crippen LogP contribution >= 0.6 is 0 Å². The monoisotopic (exact) mass is 252 g/mol. The fourth-order valence-corrected chi connectivity index (χ4v) is 3.94. The molecule has 0 aromatic carbocycles. The second-order valence-corrected chi connectivity index (χ2v) is 6.19. The summed E-state index contributed by atoms with van der Waals surface area (Å²) < 4.78 is 0. The SMILES string of the molecule is CCC(=O)CC[C@H]1C2CCC(=O)C2(C)CC[C@H]1O. The Hall–Kier alpha value is -0.700. The zero-order valence-electron chi connectivity index (χ0n) is 11.4. The molecule has 2 aliphatic carbocycles. The molecule has 0 saturated heterocycles. The van der Waals surface area contributed by atoms with Gasteiger partial charge in [-0.3, -0.25) is 9.59 Å². The summed E-state index contributed by atoms with van der Waals surface area (Å²) in [5.74, 6) is 1.06. The Balaban J connectivity index is 2.07. The lowest BCUT2D eigenvalue weighted by atomic mass is 9.62. The zero-order valence-corrected chi connectivity index (χ0v) is 11.4. The third kappa shape index (κ3) is 2.25. The number of ketones is 2. The van der Waals surface area contributed by atoms with Crippen molar-refractivity contribution in [1.29, 1.82) is 0 Å². The third-order valence-corrected chi connectivity index (χ3v) is 5.26. The fraction of sp³-hybridized carbons (Fsp3) is 0.867. The average Bonchev–Trinajstić information content (AvgIpc) is 2.65. The van der Waals surface area contributed by atoms with Crippen molar-refractivity contribution >= 4 is 11.6 Å². The number of carbonyl (C=O) groups excluding carboxylic acids is 2. The molecule has 2 rings (SSSR count). The molecule has 3 nitrogen and oxygen atoms in total. The van der Waals surface area contributed by atoms with E-state index < -0.39 is 0 Å². The van der Waals surface area contributed by atoms with E-state index in [-0.39, 0.29) is 23.2 Å². The Labute approximate surface area is 109 Å². The average molecular weight is 252 g/mol. The first-order chi connectivity index (χ1) is 8.49. The highest BCUT2D eigenvalue weighted by molar-refractivity contribution is 5.87. The molecule has 0 aliphatic heterocycles. The number of aliphatic hydroxyl groups excluding tert-OH is 1. The van der Waals surface area contributed by atoms with Gasteiger partial charge in [-0.05, 0) is 37.5 Å². The summed E-state index contributed by atoms with van der Waals surface area (Å²) in [5, 5.41) is 10.2. The van der Waals surface area contributed by atoms with Crippen LogP contribution in [0.3, 0.4) is 0 Å². The molecule has 0 aromatic heterocycles. The van der Waals surface area contributed by atoms with Crippen molar-refractivity contribution in [3.63, 3.8) is 0 Å². The number of fused-ring (bicyclic) bond motifs is 1. The largest absolute Gasteiger partial charge is 0.393 e. The van der Waals surface area contributed by atoms with Crippen molar-refractivity contribution in [2.24, 2.45) is 17.3 Å². The molecule has 0 radical (unpaired) electrons. The van der Waals surface area contributed by atoms with Crippen LogP contribution in [0.15, 0.2) is 0 Å². The van der Waals surface area contributed by atoms with Crippen LogP contribution < -0.4 is 0 Å². The molecular formula is C15H24O3. The molecular weight excluding hydrogens is 228 g/mol. The highest BCUT2D eigenvalue weighted by Gasteiger charge is 2.53. The number of hydrogen-bond acceptors (Lipinski definition) is 3. The Morgan fingerprint density at radius 3 is 2.83 bits per heavy atom. The summed E-state index contributed by atoms with van der Waals surface area (Å²) in [4.78, 5) is 23.5. The van der Waals surface area contributed by atoms with Gasteiger partial charge in [0.25, 0.3) is 0 Å². The zero-order chi connectivity index (χ0) is 13.3. The molecule has 4 atom stereocenters. The number of hydrogen-bond donors (Lipinski definition) is 1. The molecule has 0 aromatic rings. The molecule has 18 heavy (non-hydrogen) atoms. The molecule has 0 heterocycles. The van der Waals surface area contributed by atoms with E-state index in [0.29, 0.717) is 37.4 Å². The Bertz CT molecular complexity index is 350. The van der Waals surface area contributed by atoms with Gasteiger partial charge in [0.2, 0.25) is 0 Å². The van der Waals surface area contributed by atoms with Crippen LogP contribution in [0.25, 0.3) is 0 Å². The lowest BCUT2D eigenvalue weighted by Gasteiger charge is -2.43. The minimum atomic E-state index is -0.321. The van der Waals surface area contributed by atoms with E-state index in [2.05, 4.69) is 6.92 Å². The highest BCUT2D eigenvalue weighted by atomic mass is 16.3. The molecule has 0 bridgehead atoms. The van der Waals surface area contributed by atoms with Crippen LogP contribution in [0.1, 0.15) is 58.8 Å². The smallest absolute Gasteiger partial charge is 0.139 e. The molecule has 0 spiro atoms. The molecule has 1 N–H and O–H groups in total. The van der Waals surface area contributed by atoms with E-state index in [1.165, 1.54) is 0 Å². The van der Waals surface area contributed by atoms with E-state index in [9.17, 15) is 14.7 Å². The van der Waals surface area contributed by atoms with Crippen molar-refractivity contribution in [3.05, 3.63) is 0 Å². The van der Waals surface area contributed by atoms with E-state index in [0.717, 1.165) is 19.3 Å². The van der Waals surface area contributed by atoms with Crippen molar-refractivity contribution in [1.82, 2.24) is 0 Å². The minimum Gasteiger partial charge on any atom is -0.393 e. The van der Waals surface area contributed by atoms with Crippen LogP contribution in [0.4, 0.5) is 0 Å². The molecule has 2 fully saturated rings. The maximum absolute atomic E-state index is 12.0. The first-order valence-electron chi connectivity index (χ1n) is 7.22. The second kappa shape index (κ2) is 5.12. The van der Waals surface area contributed by atoms with Gasteiger partial charge in [-0.2, -0.15) is 0 Å². The Morgan fingerprint density at radius 2 is 2.17 bits per heavy atom. The summed E-state index contributed by atoms with van der Waals surface area (Å²) >= 11 is 0. The Morgan fingerprint density at radius 1 is 1.44 bits per heavy atom.